The first kappa shape index (κ1) is 41.6. The van der Waals surface area contributed by atoms with E-state index in [1.807, 2.05) is 11.3 Å². The Balaban J connectivity index is 0.904. The number of thiophene rings is 1. The Morgan fingerprint density at radius 2 is 0.425 bits per heavy atom. The summed E-state index contributed by atoms with van der Waals surface area (Å²) in [5.74, 6) is 0. The Labute approximate surface area is 427 Å². The molecule has 15 rings (SSSR count). The van der Waals surface area contributed by atoms with Gasteiger partial charge in [0.05, 0.1) is 0 Å². The van der Waals surface area contributed by atoms with Crippen LogP contribution in [0, 0.1) is 0 Å². The van der Waals surface area contributed by atoms with Gasteiger partial charge in [0.2, 0.25) is 0 Å². The van der Waals surface area contributed by atoms with Crippen LogP contribution in [0.25, 0.3) is 152 Å². The maximum atomic E-state index is 2.45. The Bertz CT molecular complexity index is 4380. The third kappa shape index (κ3) is 6.53. The summed E-state index contributed by atoms with van der Waals surface area (Å²) in [7, 11) is 0. The van der Waals surface area contributed by atoms with Gasteiger partial charge in [0.15, 0.2) is 0 Å². The van der Waals surface area contributed by atoms with Crippen molar-refractivity contribution in [2.45, 2.75) is 0 Å². The van der Waals surface area contributed by atoms with Crippen LogP contribution < -0.4 is 0 Å². The molecule has 1 heteroatoms. The number of hydrogen-bond donors (Lipinski definition) is 0. The maximum absolute atomic E-state index is 2.45. The lowest BCUT2D eigenvalue weighted by Crippen LogP contribution is -1.89. The zero-order valence-electron chi connectivity index (χ0n) is 39.8. The van der Waals surface area contributed by atoms with Crippen molar-refractivity contribution in [1.82, 2.24) is 0 Å². The zero-order valence-corrected chi connectivity index (χ0v) is 40.6. The molecule has 73 heavy (non-hydrogen) atoms. The molecule has 14 aromatic carbocycles. The second-order valence-electron chi connectivity index (χ2n) is 19.4. The normalized spacial score (nSPS) is 11.8. The fourth-order valence-electron chi connectivity index (χ4n) is 12.2. The maximum Gasteiger partial charge on any atom is 0.0434 e. The van der Waals surface area contributed by atoms with Gasteiger partial charge < -0.3 is 0 Å². The van der Waals surface area contributed by atoms with Crippen LogP contribution in [-0.4, -0.2) is 0 Å². The highest BCUT2D eigenvalue weighted by Crippen LogP contribution is 2.53. The van der Waals surface area contributed by atoms with Gasteiger partial charge in [0, 0.05) is 20.9 Å². The van der Waals surface area contributed by atoms with Crippen molar-refractivity contribution >= 4 is 97.5 Å². The second kappa shape index (κ2) is 16.7. The van der Waals surface area contributed by atoms with Crippen LogP contribution in [0.1, 0.15) is 0 Å². The van der Waals surface area contributed by atoms with Crippen LogP contribution in [-0.2, 0) is 0 Å². The van der Waals surface area contributed by atoms with Gasteiger partial charge in [-0.05, 0) is 143 Å². The lowest BCUT2D eigenvalue weighted by Gasteiger charge is -2.16. The quantitative estimate of drug-likeness (QED) is 0.146. The fourth-order valence-corrected chi connectivity index (χ4v) is 13.6. The number of benzene rings is 14. The molecule has 0 N–H and O–H groups in total. The predicted molar refractivity (Wildman–Crippen MR) is 317 cm³/mol. The Morgan fingerprint density at radius 3 is 0.767 bits per heavy atom. The van der Waals surface area contributed by atoms with Crippen LogP contribution in [0.2, 0.25) is 0 Å². The minimum atomic E-state index is 1.21. The summed E-state index contributed by atoms with van der Waals surface area (Å²) < 4.78 is 0. The van der Waals surface area contributed by atoms with Crippen molar-refractivity contribution in [3.63, 3.8) is 0 Å². The Kier molecular flexibility index (Phi) is 9.55. The molecule has 15 aromatic rings. The number of fused-ring (bicyclic) bond motifs is 16. The summed E-state index contributed by atoms with van der Waals surface area (Å²) in [6, 6.07) is 99.2. The molecule has 0 radical (unpaired) electrons. The van der Waals surface area contributed by atoms with Crippen molar-refractivity contribution < 1.29 is 0 Å². The molecule has 0 spiro atoms. The smallest absolute Gasteiger partial charge is 0.0434 e. The van der Waals surface area contributed by atoms with Crippen LogP contribution >= 0.6 is 11.3 Å². The lowest BCUT2D eigenvalue weighted by atomic mass is 9.87. The third-order valence-corrected chi connectivity index (χ3v) is 16.7. The van der Waals surface area contributed by atoms with Crippen LogP contribution in [0.3, 0.4) is 0 Å². The van der Waals surface area contributed by atoms with Crippen LogP contribution in [0.5, 0.6) is 0 Å². The van der Waals surface area contributed by atoms with Crippen LogP contribution in [0.4, 0.5) is 0 Å². The van der Waals surface area contributed by atoms with Gasteiger partial charge in [-0.25, -0.2) is 0 Å². The second-order valence-corrected chi connectivity index (χ2v) is 20.4. The van der Waals surface area contributed by atoms with E-state index in [1.54, 1.807) is 0 Å². The van der Waals surface area contributed by atoms with Crippen LogP contribution in [0.15, 0.2) is 267 Å². The standard InChI is InChI=1S/C72H44S/c1-3-19-47(20-4-1)67-68(48-21-5-2-6-22-48)72(50-41-37-46(38-42-50)64-44-66-56-28-10-8-24-52(56)54-26-12-16-32-60(54)70(66)62-34-18-14-30-58(62)64)73-71(67)49-39-35-45(36-40-49)63-43-65-55-27-9-7-23-51(55)53-25-11-15-31-59(53)69(65)61-33-17-13-29-57(61)63/h1-44H. The molecule has 1 aromatic heterocycles. The van der Waals surface area contributed by atoms with E-state index >= 15 is 0 Å². The monoisotopic (exact) mass is 940 g/mol. The minimum absolute atomic E-state index is 1.21. The van der Waals surface area contributed by atoms with E-state index in [0.29, 0.717) is 0 Å². The van der Waals surface area contributed by atoms with Gasteiger partial charge in [-0.1, -0.05) is 255 Å². The average Bonchev–Trinajstić information content (AvgIpc) is 3.88. The highest BCUT2D eigenvalue weighted by molar-refractivity contribution is 7.20. The zero-order chi connectivity index (χ0) is 48.0. The Hall–Kier alpha value is -9.14. The van der Waals surface area contributed by atoms with Gasteiger partial charge in [0.1, 0.15) is 0 Å². The topological polar surface area (TPSA) is 0 Å². The molecule has 1 heterocycles. The molecule has 0 saturated carbocycles. The van der Waals surface area contributed by atoms with E-state index in [4.69, 9.17) is 0 Å². The molecule has 0 atom stereocenters. The molecule has 0 unspecified atom stereocenters. The summed E-state index contributed by atoms with van der Waals surface area (Å²) >= 11 is 1.90. The molecule has 0 saturated heterocycles. The molecule has 338 valence electrons. The highest BCUT2D eigenvalue weighted by Gasteiger charge is 2.24. The summed E-state index contributed by atoms with van der Waals surface area (Å²) in [6.45, 7) is 0. The van der Waals surface area contributed by atoms with Gasteiger partial charge >= 0.3 is 0 Å². The van der Waals surface area contributed by atoms with Crippen molar-refractivity contribution in [3.8, 4) is 65.4 Å². The van der Waals surface area contributed by atoms with E-state index < -0.39 is 0 Å². The highest BCUT2D eigenvalue weighted by atomic mass is 32.1. The Morgan fingerprint density at radius 1 is 0.178 bits per heavy atom. The third-order valence-electron chi connectivity index (χ3n) is 15.4. The average molecular weight is 941 g/mol. The summed E-state index contributed by atoms with van der Waals surface area (Å²) in [5.41, 5.74) is 12.3. The van der Waals surface area contributed by atoms with Crippen molar-refractivity contribution in [2.75, 3.05) is 0 Å². The van der Waals surface area contributed by atoms with Gasteiger partial charge in [-0.3, -0.25) is 0 Å². The van der Waals surface area contributed by atoms with Gasteiger partial charge in [-0.2, -0.15) is 0 Å². The summed E-state index contributed by atoms with van der Waals surface area (Å²) in [6.07, 6.45) is 0. The largest absolute Gasteiger partial charge is 0.134 e. The first-order chi connectivity index (χ1) is 36.2. The molecular weight excluding hydrogens is 897 g/mol. The molecule has 0 nitrogen and oxygen atoms in total. The van der Waals surface area contributed by atoms with Crippen molar-refractivity contribution in [1.29, 1.82) is 0 Å². The molecule has 0 aliphatic carbocycles. The van der Waals surface area contributed by atoms with Crippen molar-refractivity contribution in [3.05, 3.63) is 267 Å². The molecule has 0 aliphatic heterocycles. The minimum Gasteiger partial charge on any atom is -0.134 e. The number of rotatable bonds is 6. The van der Waals surface area contributed by atoms with Crippen molar-refractivity contribution in [2.24, 2.45) is 0 Å². The SMILES string of the molecule is c1ccc(-c2c(-c3ccc(-c4cc5c6ccccc6c6ccccc6c5c5ccccc45)cc3)sc(-c3ccc(-c4cc5c6ccccc6c6ccccc6c5c5ccccc45)cc3)c2-c2ccccc2)cc1. The lowest BCUT2D eigenvalue weighted by molar-refractivity contribution is 1.61. The first-order valence-electron chi connectivity index (χ1n) is 25.2. The predicted octanol–water partition coefficient (Wildman–Crippen LogP) is 21.0. The summed E-state index contributed by atoms with van der Waals surface area (Å²) in [4.78, 5) is 2.52. The number of hydrogen-bond acceptors (Lipinski definition) is 1. The fraction of sp³-hybridized carbons (Fsp3) is 0. The van der Waals surface area contributed by atoms with Gasteiger partial charge in [-0.15, -0.1) is 11.3 Å². The van der Waals surface area contributed by atoms with E-state index in [2.05, 4.69) is 267 Å². The van der Waals surface area contributed by atoms with E-state index in [-0.39, 0.29) is 0 Å². The van der Waals surface area contributed by atoms with E-state index in [1.165, 1.54) is 152 Å². The molecule has 0 fully saturated rings. The van der Waals surface area contributed by atoms with E-state index in [0.717, 1.165) is 0 Å². The molecular formula is C72H44S. The molecule has 0 bridgehead atoms. The first-order valence-corrected chi connectivity index (χ1v) is 26.1. The molecule has 0 aliphatic rings. The van der Waals surface area contributed by atoms with E-state index in [9.17, 15) is 0 Å². The van der Waals surface area contributed by atoms with Gasteiger partial charge in [0.25, 0.3) is 0 Å². The summed E-state index contributed by atoms with van der Waals surface area (Å²) in [5, 5.41) is 20.6. The molecule has 0 amide bonds.